The zero-order valence-corrected chi connectivity index (χ0v) is 29.1. The van der Waals surface area contributed by atoms with Crippen LogP contribution >= 0.6 is 15.9 Å². The maximum absolute atomic E-state index is 11.2. The molecule has 2 nitrogen and oxygen atoms in total. The number of carbonyl (C=O) groups is 2. The normalized spacial score (nSPS) is 11.3. The molecule has 194 valence electrons. The summed E-state index contributed by atoms with van der Waals surface area (Å²) in [5.74, 6) is 1.55. The molecule has 0 N–H and O–H groups in total. The van der Waals surface area contributed by atoms with Gasteiger partial charge in [-0.05, 0) is 44.2 Å². The molecule has 1 aliphatic carbocycles. The summed E-state index contributed by atoms with van der Waals surface area (Å²) >= 11 is 3.42. The molecule has 3 rings (SSSR count). The number of ketones is 2. The quantitative estimate of drug-likeness (QED) is 0.217. The van der Waals surface area contributed by atoms with Crippen LogP contribution in [0.3, 0.4) is 0 Å². The van der Waals surface area contributed by atoms with E-state index in [1.165, 1.54) is 43.2 Å². The molecule has 4 heteroatoms. The standard InChI is InChI=1S/C10H11BrO.C8H9.C7H14.C5H10O.CH3.U/c1-3-8-9(7(2)12)5-4-6-10(8)11;1-7-3-5-8(2)6-4-7;1-2-4-7-5-3-6-7;1-3-4-5(2)6;;/h4-6H,3H2,1-2H3;3-5H,1-2H3;7H,2-6H2,1H3;3-4H2,1-2H3;1H3;/q;-1;;;-1;+2. The Hall–Kier alpha value is -0.688. The zero-order chi connectivity index (χ0) is 25.2. The van der Waals surface area contributed by atoms with Crippen LogP contribution in [0.2, 0.25) is 0 Å². The molecule has 0 atom stereocenters. The molecule has 35 heavy (non-hydrogen) atoms. The van der Waals surface area contributed by atoms with E-state index in [2.05, 4.69) is 48.0 Å². The zero-order valence-electron chi connectivity index (χ0n) is 23.4. The number of aryl methyl sites for hydroxylation is 2. The molecular weight excluding hydrogens is 722 g/mol. The van der Waals surface area contributed by atoms with E-state index in [4.69, 9.17) is 0 Å². The van der Waals surface area contributed by atoms with Crippen molar-refractivity contribution >= 4 is 27.5 Å². The van der Waals surface area contributed by atoms with Gasteiger partial charge in [-0.3, -0.25) is 4.79 Å². The maximum Gasteiger partial charge on any atom is 2.00 e. The van der Waals surface area contributed by atoms with Crippen molar-refractivity contribution < 1.29 is 40.7 Å². The fourth-order valence-electron chi connectivity index (χ4n) is 3.37. The average molecular weight is 770 g/mol. The Bertz CT molecular complexity index is 790. The molecule has 0 aromatic heterocycles. The van der Waals surface area contributed by atoms with Gasteiger partial charge in [0.25, 0.3) is 0 Å². The second-order valence-electron chi connectivity index (χ2n) is 8.76. The van der Waals surface area contributed by atoms with Gasteiger partial charge in [0, 0.05) is 16.5 Å². The minimum Gasteiger partial charge on any atom is -0.358 e. The first-order chi connectivity index (χ1) is 15.7. The number of benzene rings is 2. The SMILES string of the molecule is CCCC(C)=O.CCCC1CCC1.CCc1c(Br)cccc1C(C)=O.Cc1[c-]cc(C)cc1.[CH3-].[U+2]. The number of carbonyl (C=O) groups excluding carboxylic acids is 2. The van der Waals surface area contributed by atoms with Crippen LogP contribution in [0.5, 0.6) is 0 Å². The van der Waals surface area contributed by atoms with Crippen molar-refractivity contribution in [3.8, 4) is 0 Å². The number of hydrogen-bond donors (Lipinski definition) is 0. The summed E-state index contributed by atoms with van der Waals surface area (Å²) in [5, 5.41) is 0. The molecule has 0 aliphatic heterocycles. The molecule has 0 spiro atoms. The van der Waals surface area contributed by atoms with Crippen molar-refractivity contribution in [1.29, 1.82) is 0 Å². The van der Waals surface area contributed by atoms with E-state index < -0.39 is 0 Å². The van der Waals surface area contributed by atoms with E-state index in [1.807, 2.05) is 45.0 Å². The smallest absolute Gasteiger partial charge is 0.358 e. The van der Waals surface area contributed by atoms with Crippen molar-refractivity contribution in [3.05, 3.63) is 76.6 Å². The fraction of sp³-hybridized carbons (Fsp3) is 0.516. The van der Waals surface area contributed by atoms with Gasteiger partial charge >= 0.3 is 31.1 Å². The van der Waals surface area contributed by atoms with Crippen molar-refractivity contribution in [2.75, 3.05) is 0 Å². The molecule has 2 aromatic rings. The summed E-state index contributed by atoms with van der Waals surface area (Å²) < 4.78 is 1.03. The Morgan fingerprint density at radius 2 is 1.63 bits per heavy atom. The Balaban J connectivity index is -0.000000397. The second kappa shape index (κ2) is 23.7. The first-order valence-electron chi connectivity index (χ1n) is 12.4. The summed E-state index contributed by atoms with van der Waals surface area (Å²) in [6.45, 7) is 13.6. The molecule has 1 saturated carbocycles. The van der Waals surface area contributed by atoms with E-state index in [9.17, 15) is 9.59 Å². The van der Waals surface area contributed by atoms with Crippen LogP contribution in [0.25, 0.3) is 0 Å². The molecule has 0 saturated heterocycles. The van der Waals surface area contributed by atoms with Gasteiger partial charge in [-0.2, -0.15) is 35.4 Å². The van der Waals surface area contributed by atoms with Crippen LogP contribution in [-0.2, 0) is 11.2 Å². The third kappa shape index (κ3) is 19.1. The Morgan fingerprint density at radius 3 is 1.89 bits per heavy atom. The van der Waals surface area contributed by atoms with Gasteiger partial charge in [-0.25, -0.2) is 0 Å². The minimum absolute atomic E-state index is 0. The van der Waals surface area contributed by atoms with Crippen molar-refractivity contribution in [3.63, 3.8) is 0 Å². The largest absolute Gasteiger partial charge is 2.00 e. The van der Waals surface area contributed by atoms with Crippen molar-refractivity contribution in [2.45, 2.75) is 99.8 Å². The van der Waals surface area contributed by atoms with Crippen LogP contribution in [0.4, 0.5) is 0 Å². The predicted octanol–water partition coefficient (Wildman–Crippen LogP) is 9.73. The summed E-state index contributed by atoms with van der Waals surface area (Å²) in [6.07, 6.45) is 10.0. The Morgan fingerprint density at radius 1 is 1.00 bits per heavy atom. The molecule has 1 aliphatic rings. The van der Waals surface area contributed by atoms with Gasteiger partial charge < -0.3 is 12.2 Å². The van der Waals surface area contributed by atoms with Crippen LogP contribution in [-0.4, -0.2) is 11.6 Å². The topological polar surface area (TPSA) is 34.1 Å². The minimum atomic E-state index is 0. The first-order valence-corrected chi connectivity index (χ1v) is 13.2. The molecule has 1 fully saturated rings. The fourth-order valence-corrected chi connectivity index (χ4v) is 4.02. The van der Waals surface area contributed by atoms with Crippen LogP contribution in [0, 0.1) is 64.4 Å². The molecule has 0 bridgehead atoms. The van der Waals surface area contributed by atoms with E-state index >= 15 is 0 Å². The van der Waals surface area contributed by atoms with Crippen LogP contribution in [0.1, 0.15) is 107 Å². The summed E-state index contributed by atoms with van der Waals surface area (Å²) in [7, 11) is 0. The second-order valence-corrected chi connectivity index (χ2v) is 9.62. The van der Waals surface area contributed by atoms with Gasteiger partial charge in [0.05, 0.1) is 0 Å². The number of halogens is 1. The summed E-state index contributed by atoms with van der Waals surface area (Å²) in [5.41, 5.74) is 4.41. The third-order valence-corrected chi connectivity index (χ3v) is 6.24. The molecule has 0 heterocycles. The van der Waals surface area contributed by atoms with E-state index in [0.29, 0.717) is 0 Å². The monoisotopic (exact) mass is 768 g/mol. The maximum atomic E-state index is 11.2. The summed E-state index contributed by atoms with van der Waals surface area (Å²) in [4.78, 5) is 21.2. The van der Waals surface area contributed by atoms with Gasteiger partial charge in [0.1, 0.15) is 5.78 Å². The third-order valence-electron chi connectivity index (χ3n) is 5.50. The Labute approximate surface area is 249 Å². The Kier molecular flexibility index (Phi) is 26.3. The first kappa shape index (κ1) is 38.8. The molecule has 0 unspecified atom stereocenters. The van der Waals surface area contributed by atoms with Crippen LogP contribution < -0.4 is 0 Å². The summed E-state index contributed by atoms with van der Waals surface area (Å²) in [6, 6.07) is 15.0. The molecule has 2 aromatic carbocycles. The van der Waals surface area contributed by atoms with Gasteiger partial charge in [-0.1, -0.05) is 94.8 Å². The number of rotatable bonds is 6. The number of Topliss-reactive ketones (excluding diaryl/α,β-unsaturated/α-hetero) is 2. The molecular formula is C31H47BrO2U. The van der Waals surface area contributed by atoms with Crippen molar-refractivity contribution in [1.82, 2.24) is 0 Å². The van der Waals surface area contributed by atoms with Gasteiger partial charge in [-0.15, -0.1) is 0 Å². The number of hydrogen-bond acceptors (Lipinski definition) is 2. The molecule has 0 radical (unpaired) electrons. The van der Waals surface area contributed by atoms with Gasteiger partial charge in [0.15, 0.2) is 5.78 Å². The van der Waals surface area contributed by atoms with Crippen molar-refractivity contribution in [2.24, 2.45) is 5.92 Å². The average Bonchev–Trinajstić information content (AvgIpc) is 2.74. The van der Waals surface area contributed by atoms with E-state index in [1.54, 1.807) is 13.8 Å². The van der Waals surface area contributed by atoms with E-state index in [-0.39, 0.29) is 50.1 Å². The molecule has 0 amide bonds. The van der Waals surface area contributed by atoms with E-state index in [0.717, 1.165) is 40.8 Å². The van der Waals surface area contributed by atoms with Gasteiger partial charge in [0.2, 0.25) is 0 Å². The predicted molar refractivity (Wildman–Crippen MR) is 153 cm³/mol. The van der Waals surface area contributed by atoms with Crippen LogP contribution in [0.15, 0.2) is 40.9 Å².